The normalized spacial score (nSPS) is 20.8. The average molecular weight is 230 g/mol. The Hall–Kier alpha value is -1.14. The number of carboxylic acids is 1. The highest BCUT2D eigenvalue weighted by atomic mass is 16.5. The fourth-order valence-corrected chi connectivity index (χ4v) is 1.68. The molecule has 0 aromatic heterocycles. The fraction of sp³-hybridized carbons (Fsp3) is 0.800. The monoisotopic (exact) mass is 230 g/mol. The van der Waals surface area contributed by atoms with Crippen molar-refractivity contribution in [1.82, 2.24) is 4.90 Å². The molecule has 6 nitrogen and oxygen atoms in total. The molecule has 1 fully saturated rings. The smallest absolute Gasteiger partial charge is 0.306 e. The maximum absolute atomic E-state index is 11.7. The number of nitrogens with zero attached hydrogens (tertiary/aromatic N) is 1. The van der Waals surface area contributed by atoms with E-state index >= 15 is 0 Å². The summed E-state index contributed by atoms with van der Waals surface area (Å²) >= 11 is 0. The lowest BCUT2D eigenvalue weighted by Crippen LogP contribution is -2.46. The van der Waals surface area contributed by atoms with Crippen LogP contribution in [0.25, 0.3) is 0 Å². The molecule has 1 unspecified atom stereocenters. The Morgan fingerprint density at radius 3 is 2.88 bits per heavy atom. The second-order valence-corrected chi connectivity index (χ2v) is 3.82. The van der Waals surface area contributed by atoms with Gasteiger partial charge in [-0.1, -0.05) is 0 Å². The Morgan fingerprint density at radius 1 is 1.50 bits per heavy atom. The van der Waals surface area contributed by atoms with E-state index in [1.165, 1.54) is 0 Å². The quantitative estimate of drug-likeness (QED) is 0.659. The summed E-state index contributed by atoms with van der Waals surface area (Å²) in [5, 5.41) is 8.63. The van der Waals surface area contributed by atoms with Gasteiger partial charge in [0.15, 0.2) is 0 Å². The Balaban J connectivity index is 2.37. The largest absolute Gasteiger partial charge is 0.481 e. The lowest BCUT2D eigenvalue weighted by atomic mass is 10.2. The molecule has 1 rings (SSSR count). The topological polar surface area (TPSA) is 92.9 Å². The highest BCUT2D eigenvalue weighted by Crippen LogP contribution is 2.10. The minimum atomic E-state index is -0.902. The Bertz CT molecular complexity index is 257. The van der Waals surface area contributed by atoms with Crippen LogP contribution in [0.3, 0.4) is 0 Å². The molecule has 0 bridgehead atoms. The van der Waals surface area contributed by atoms with Crippen LogP contribution in [-0.2, 0) is 14.3 Å². The number of hydrogen-bond donors (Lipinski definition) is 2. The zero-order valence-electron chi connectivity index (χ0n) is 9.22. The van der Waals surface area contributed by atoms with Crippen molar-refractivity contribution in [2.45, 2.75) is 25.4 Å². The summed E-state index contributed by atoms with van der Waals surface area (Å²) in [6.45, 7) is 1.82. The molecule has 92 valence electrons. The SMILES string of the molecule is NCCCC(=O)N1CCOC(CC(=O)O)C1. The molecular weight excluding hydrogens is 212 g/mol. The van der Waals surface area contributed by atoms with Crippen molar-refractivity contribution in [3.8, 4) is 0 Å². The lowest BCUT2D eigenvalue weighted by molar-refractivity contribution is -0.147. The predicted octanol–water partition coefficient (Wildman–Crippen LogP) is -0.573. The lowest BCUT2D eigenvalue weighted by Gasteiger charge is -2.32. The van der Waals surface area contributed by atoms with Gasteiger partial charge in [0.05, 0.1) is 19.1 Å². The van der Waals surface area contributed by atoms with Gasteiger partial charge >= 0.3 is 5.97 Å². The second-order valence-electron chi connectivity index (χ2n) is 3.82. The van der Waals surface area contributed by atoms with Crippen molar-refractivity contribution in [2.24, 2.45) is 5.73 Å². The molecule has 0 radical (unpaired) electrons. The molecule has 1 heterocycles. The maximum atomic E-state index is 11.7. The zero-order chi connectivity index (χ0) is 12.0. The number of carboxylic acid groups (broad SMARTS) is 1. The maximum Gasteiger partial charge on any atom is 0.306 e. The molecule has 3 N–H and O–H groups in total. The molecule has 1 aliphatic rings. The number of hydrogen-bond acceptors (Lipinski definition) is 4. The van der Waals surface area contributed by atoms with Crippen LogP contribution < -0.4 is 5.73 Å². The third kappa shape index (κ3) is 4.16. The van der Waals surface area contributed by atoms with Crippen LogP contribution in [0, 0.1) is 0 Å². The van der Waals surface area contributed by atoms with Gasteiger partial charge in [-0.15, -0.1) is 0 Å². The van der Waals surface area contributed by atoms with Crippen LogP contribution in [0.1, 0.15) is 19.3 Å². The number of morpholine rings is 1. The minimum Gasteiger partial charge on any atom is -0.481 e. The summed E-state index contributed by atoms with van der Waals surface area (Å²) in [5.41, 5.74) is 5.33. The minimum absolute atomic E-state index is 0.0316. The molecule has 0 aromatic carbocycles. The Labute approximate surface area is 94.3 Å². The van der Waals surface area contributed by atoms with Gasteiger partial charge in [-0.25, -0.2) is 0 Å². The Kier molecular flexibility index (Phi) is 5.21. The van der Waals surface area contributed by atoms with E-state index < -0.39 is 5.97 Å². The number of carbonyl (C=O) groups excluding carboxylic acids is 1. The van der Waals surface area contributed by atoms with Crippen molar-refractivity contribution >= 4 is 11.9 Å². The summed E-state index contributed by atoms with van der Waals surface area (Å²) in [5.74, 6) is -0.870. The molecule has 6 heteroatoms. The van der Waals surface area contributed by atoms with E-state index in [0.29, 0.717) is 39.1 Å². The van der Waals surface area contributed by atoms with E-state index in [1.54, 1.807) is 4.90 Å². The van der Waals surface area contributed by atoms with E-state index in [2.05, 4.69) is 0 Å². The highest BCUT2D eigenvalue weighted by molar-refractivity contribution is 5.76. The third-order valence-corrected chi connectivity index (χ3v) is 2.49. The van der Waals surface area contributed by atoms with Gasteiger partial charge in [0.25, 0.3) is 0 Å². The summed E-state index contributed by atoms with van der Waals surface area (Å²) in [6.07, 6.45) is 0.657. The molecule has 1 saturated heterocycles. The van der Waals surface area contributed by atoms with E-state index in [9.17, 15) is 9.59 Å². The van der Waals surface area contributed by atoms with E-state index in [0.717, 1.165) is 0 Å². The molecule has 16 heavy (non-hydrogen) atoms. The van der Waals surface area contributed by atoms with E-state index in [1.807, 2.05) is 0 Å². The van der Waals surface area contributed by atoms with Crippen molar-refractivity contribution in [3.63, 3.8) is 0 Å². The van der Waals surface area contributed by atoms with Crippen LogP contribution in [0.2, 0.25) is 0 Å². The molecular formula is C10H18N2O4. The molecule has 0 spiro atoms. The molecule has 0 aliphatic carbocycles. The van der Waals surface area contributed by atoms with Gasteiger partial charge in [0, 0.05) is 19.5 Å². The van der Waals surface area contributed by atoms with Gasteiger partial charge in [-0.05, 0) is 13.0 Å². The van der Waals surface area contributed by atoms with Gasteiger partial charge < -0.3 is 20.5 Å². The van der Waals surface area contributed by atoms with E-state index in [4.69, 9.17) is 15.6 Å². The van der Waals surface area contributed by atoms with Crippen LogP contribution in [0.5, 0.6) is 0 Å². The zero-order valence-corrected chi connectivity index (χ0v) is 9.22. The summed E-state index contributed by atoms with van der Waals surface area (Å²) in [6, 6.07) is 0. The summed E-state index contributed by atoms with van der Waals surface area (Å²) < 4.78 is 5.27. The third-order valence-electron chi connectivity index (χ3n) is 2.49. The summed E-state index contributed by atoms with van der Waals surface area (Å²) in [7, 11) is 0. The first-order chi connectivity index (χ1) is 7.63. The molecule has 1 aliphatic heterocycles. The van der Waals surface area contributed by atoms with Crippen molar-refractivity contribution in [1.29, 1.82) is 0 Å². The van der Waals surface area contributed by atoms with Crippen LogP contribution >= 0.6 is 0 Å². The number of carbonyl (C=O) groups is 2. The van der Waals surface area contributed by atoms with E-state index in [-0.39, 0.29) is 18.4 Å². The molecule has 1 atom stereocenters. The average Bonchev–Trinajstić information content (AvgIpc) is 2.25. The number of amides is 1. The van der Waals surface area contributed by atoms with Crippen molar-refractivity contribution in [3.05, 3.63) is 0 Å². The predicted molar refractivity (Wildman–Crippen MR) is 56.9 cm³/mol. The summed E-state index contributed by atoms with van der Waals surface area (Å²) in [4.78, 5) is 23.8. The number of ether oxygens (including phenoxy) is 1. The number of rotatable bonds is 5. The van der Waals surface area contributed by atoms with Crippen molar-refractivity contribution in [2.75, 3.05) is 26.2 Å². The number of nitrogens with two attached hydrogens (primary N) is 1. The first-order valence-electron chi connectivity index (χ1n) is 5.44. The van der Waals surface area contributed by atoms with Gasteiger partial charge in [-0.2, -0.15) is 0 Å². The van der Waals surface area contributed by atoms with Crippen LogP contribution in [0.15, 0.2) is 0 Å². The van der Waals surface area contributed by atoms with Crippen molar-refractivity contribution < 1.29 is 19.4 Å². The first kappa shape index (κ1) is 12.9. The number of aliphatic carboxylic acids is 1. The van der Waals surface area contributed by atoms with Gasteiger partial charge in [0.2, 0.25) is 5.91 Å². The molecule has 0 aromatic rings. The van der Waals surface area contributed by atoms with Gasteiger partial charge in [-0.3, -0.25) is 9.59 Å². The second kappa shape index (κ2) is 6.44. The van der Waals surface area contributed by atoms with Gasteiger partial charge in [0.1, 0.15) is 0 Å². The molecule has 0 saturated carbocycles. The van der Waals surface area contributed by atoms with Crippen LogP contribution in [0.4, 0.5) is 0 Å². The van der Waals surface area contributed by atoms with Crippen LogP contribution in [-0.4, -0.2) is 54.2 Å². The molecule has 1 amide bonds. The Morgan fingerprint density at radius 2 is 2.25 bits per heavy atom. The first-order valence-corrected chi connectivity index (χ1v) is 5.44. The fourth-order valence-electron chi connectivity index (χ4n) is 1.68. The standard InChI is InChI=1S/C10H18N2O4/c11-3-1-2-9(13)12-4-5-16-8(7-12)6-10(14)15/h8H,1-7,11H2,(H,14,15). The highest BCUT2D eigenvalue weighted by Gasteiger charge is 2.25.